The van der Waals surface area contributed by atoms with Gasteiger partial charge in [-0.15, -0.1) is 0 Å². The van der Waals surface area contributed by atoms with Crippen molar-refractivity contribution >= 4 is 35.0 Å². The summed E-state index contributed by atoms with van der Waals surface area (Å²) in [6.07, 6.45) is 7.63. The number of urea groups is 1. The van der Waals surface area contributed by atoms with E-state index in [0.29, 0.717) is 36.7 Å². The molecule has 1 fully saturated rings. The largest absolute Gasteiger partial charge is 0.471 e. The lowest BCUT2D eigenvalue weighted by Crippen LogP contribution is -2.40. The number of rotatable bonds is 5. The molecule has 0 radical (unpaired) electrons. The van der Waals surface area contributed by atoms with Crippen LogP contribution >= 0.6 is 0 Å². The third-order valence-corrected chi connectivity index (χ3v) is 6.19. The van der Waals surface area contributed by atoms with Gasteiger partial charge in [0.2, 0.25) is 11.8 Å². The van der Waals surface area contributed by atoms with Crippen LogP contribution in [0.1, 0.15) is 20.3 Å². The molecule has 0 spiro atoms. The number of amides is 2. The van der Waals surface area contributed by atoms with Crippen LogP contribution in [0.3, 0.4) is 0 Å². The van der Waals surface area contributed by atoms with E-state index in [1.54, 1.807) is 18.2 Å². The monoisotopic (exact) mass is 460 g/mol. The Morgan fingerprint density at radius 3 is 2.82 bits per heavy atom. The quantitative estimate of drug-likeness (QED) is 0.580. The van der Waals surface area contributed by atoms with Crippen LogP contribution in [0.25, 0.3) is 11.2 Å². The number of allylic oxidation sites excluding steroid dienone is 1. The molecule has 0 aliphatic carbocycles. The molecule has 2 aliphatic heterocycles. The van der Waals surface area contributed by atoms with E-state index < -0.39 is 0 Å². The zero-order valence-electron chi connectivity index (χ0n) is 19.6. The van der Waals surface area contributed by atoms with Gasteiger partial charge in [0.25, 0.3) is 0 Å². The second-order valence-corrected chi connectivity index (χ2v) is 8.34. The highest BCUT2D eigenvalue weighted by molar-refractivity contribution is 5.91. The Morgan fingerprint density at radius 1 is 1.24 bits per heavy atom. The average Bonchev–Trinajstić information content (AvgIpc) is 3.49. The number of para-hydroxylation sites is 1. The minimum atomic E-state index is -0.167. The summed E-state index contributed by atoms with van der Waals surface area (Å²) in [4.78, 5) is 36.6. The average molecular weight is 461 g/mol. The Balaban J connectivity index is 1.35. The molecule has 2 atom stereocenters. The van der Waals surface area contributed by atoms with Crippen molar-refractivity contribution in [1.29, 1.82) is 0 Å². The summed E-state index contributed by atoms with van der Waals surface area (Å²) in [5, 5.41) is 0. The first-order valence-corrected chi connectivity index (χ1v) is 11.5. The molecular formula is C24H28N8O2. The number of fused-ring (bicyclic) bond motifs is 1. The van der Waals surface area contributed by atoms with Crippen LogP contribution in [0.5, 0.6) is 5.88 Å². The number of aliphatic imine (C=N–C) groups is 1. The zero-order valence-corrected chi connectivity index (χ0v) is 19.6. The Labute approximate surface area is 198 Å². The predicted molar refractivity (Wildman–Crippen MR) is 131 cm³/mol. The van der Waals surface area contributed by atoms with Gasteiger partial charge in [-0.05, 0) is 32.1 Å². The molecule has 1 saturated heterocycles. The van der Waals surface area contributed by atoms with Gasteiger partial charge in [0.05, 0.1) is 6.54 Å². The second kappa shape index (κ2) is 9.12. The Bertz CT molecular complexity index is 1240. The van der Waals surface area contributed by atoms with Gasteiger partial charge >= 0.3 is 6.03 Å². The number of aryl methyl sites for hydroxylation is 1. The maximum atomic E-state index is 13.0. The van der Waals surface area contributed by atoms with E-state index in [1.165, 1.54) is 6.33 Å². The first kappa shape index (κ1) is 21.9. The standard InChI is InChI=1S/C24H28N8O2/c1-4-31-21-20(28-23(31)32-13-8-12-25-17(32)2)22(27-16-26-21)34-19-11-14-30(15-19)24(33)29(3)18-9-6-5-7-10-18/h5-10,12-13,16-17,19H,4,11,14-15H2,1-3H3. The molecule has 4 heterocycles. The van der Waals surface area contributed by atoms with E-state index in [2.05, 4.69) is 21.9 Å². The van der Waals surface area contributed by atoms with E-state index in [0.717, 1.165) is 18.1 Å². The lowest BCUT2D eigenvalue weighted by Gasteiger charge is -2.25. The minimum Gasteiger partial charge on any atom is -0.471 e. The molecular weight excluding hydrogens is 432 g/mol. The second-order valence-electron chi connectivity index (χ2n) is 8.34. The lowest BCUT2D eigenvalue weighted by atomic mass is 10.3. The first-order chi connectivity index (χ1) is 16.6. The number of hydrogen-bond acceptors (Lipinski definition) is 7. The van der Waals surface area contributed by atoms with Gasteiger partial charge in [0, 0.05) is 44.7 Å². The fourth-order valence-corrected chi connectivity index (χ4v) is 4.34. The van der Waals surface area contributed by atoms with Crippen molar-refractivity contribution in [3.8, 4) is 5.88 Å². The molecule has 2 amide bonds. The highest BCUT2D eigenvalue weighted by Gasteiger charge is 2.31. The number of carbonyl (C=O) groups is 1. The summed E-state index contributed by atoms with van der Waals surface area (Å²) in [5.74, 6) is 1.18. The normalized spacial score (nSPS) is 19.7. The summed E-state index contributed by atoms with van der Waals surface area (Å²) in [7, 11) is 1.79. The smallest absolute Gasteiger partial charge is 0.324 e. The van der Waals surface area contributed by atoms with E-state index in [1.807, 2.05) is 63.9 Å². The van der Waals surface area contributed by atoms with Gasteiger partial charge in [0.1, 0.15) is 18.6 Å². The molecule has 2 aromatic heterocycles. The maximum Gasteiger partial charge on any atom is 0.324 e. The van der Waals surface area contributed by atoms with Crippen LogP contribution in [0.4, 0.5) is 16.4 Å². The zero-order chi connectivity index (χ0) is 23.7. The van der Waals surface area contributed by atoms with Crippen molar-refractivity contribution < 1.29 is 9.53 Å². The molecule has 2 aliphatic rings. The predicted octanol–water partition coefficient (Wildman–Crippen LogP) is 3.31. The van der Waals surface area contributed by atoms with E-state index in [-0.39, 0.29) is 18.3 Å². The number of benzene rings is 1. The number of ether oxygens (including phenoxy) is 1. The third kappa shape index (κ3) is 3.95. The van der Waals surface area contributed by atoms with Crippen molar-refractivity contribution in [3.63, 3.8) is 0 Å². The van der Waals surface area contributed by atoms with Crippen LogP contribution in [-0.2, 0) is 6.54 Å². The van der Waals surface area contributed by atoms with Crippen molar-refractivity contribution in [2.24, 2.45) is 4.99 Å². The molecule has 0 saturated carbocycles. The molecule has 1 aromatic carbocycles. The van der Waals surface area contributed by atoms with E-state index in [4.69, 9.17) is 9.72 Å². The Morgan fingerprint density at radius 2 is 2.06 bits per heavy atom. The fourth-order valence-electron chi connectivity index (χ4n) is 4.34. The van der Waals surface area contributed by atoms with Crippen molar-refractivity contribution in [2.75, 3.05) is 29.9 Å². The van der Waals surface area contributed by atoms with Crippen LogP contribution < -0.4 is 14.5 Å². The highest BCUT2D eigenvalue weighted by Crippen LogP contribution is 2.30. The number of anilines is 2. The van der Waals surface area contributed by atoms with E-state index in [9.17, 15) is 4.79 Å². The molecule has 3 aromatic rings. The third-order valence-electron chi connectivity index (χ3n) is 6.19. The molecule has 5 rings (SSSR count). The van der Waals surface area contributed by atoms with Crippen LogP contribution in [0, 0.1) is 0 Å². The molecule has 176 valence electrons. The fraction of sp³-hybridized carbons (Fsp3) is 0.375. The number of nitrogens with zero attached hydrogens (tertiary/aromatic N) is 8. The summed E-state index contributed by atoms with van der Waals surface area (Å²) < 4.78 is 8.31. The topological polar surface area (TPSA) is 92.0 Å². The highest BCUT2D eigenvalue weighted by atomic mass is 16.5. The molecule has 34 heavy (non-hydrogen) atoms. The molecule has 10 nitrogen and oxygen atoms in total. The SMILES string of the molecule is CCn1c(N2C=CC=NC2C)nc2c(OC3CCN(C(=O)N(C)c4ccccc4)C3)ncnc21. The van der Waals surface area contributed by atoms with Crippen LogP contribution in [0.15, 0.2) is 53.9 Å². The molecule has 0 bridgehead atoms. The maximum absolute atomic E-state index is 13.0. The summed E-state index contributed by atoms with van der Waals surface area (Å²) in [5.41, 5.74) is 2.19. The van der Waals surface area contributed by atoms with Crippen LogP contribution in [0.2, 0.25) is 0 Å². The summed E-state index contributed by atoms with van der Waals surface area (Å²) in [6, 6.07) is 9.58. The summed E-state index contributed by atoms with van der Waals surface area (Å²) >= 11 is 0. The molecule has 2 unspecified atom stereocenters. The molecule has 0 N–H and O–H groups in total. The van der Waals surface area contributed by atoms with Gasteiger partial charge in [-0.2, -0.15) is 4.98 Å². The number of imidazole rings is 1. The Hall–Kier alpha value is -3.95. The van der Waals surface area contributed by atoms with Gasteiger partial charge < -0.3 is 9.64 Å². The van der Waals surface area contributed by atoms with Crippen LogP contribution in [-0.4, -0.2) is 69.1 Å². The Kier molecular flexibility index (Phi) is 5.87. The summed E-state index contributed by atoms with van der Waals surface area (Å²) in [6.45, 7) is 5.87. The van der Waals surface area contributed by atoms with Crippen molar-refractivity contribution in [1.82, 2.24) is 24.4 Å². The van der Waals surface area contributed by atoms with Crippen molar-refractivity contribution in [2.45, 2.75) is 39.1 Å². The number of carbonyl (C=O) groups excluding carboxylic acids is 1. The molecule has 10 heteroatoms. The van der Waals surface area contributed by atoms with E-state index >= 15 is 0 Å². The lowest BCUT2D eigenvalue weighted by molar-refractivity contribution is 0.188. The number of aromatic nitrogens is 4. The van der Waals surface area contributed by atoms with Gasteiger partial charge in [-0.1, -0.05) is 18.2 Å². The first-order valence-electron chi connectivity index (χ1n) is 11.5. The van der Waals surface area contributed by atoms with Gasteiger partial charge in [-0.3, -0.25) is 19.4 Å². The van der Waals surface area contributed by atoms with Crippen molar-refractivity contribution in [3.05, 3.63) is 48.9 Å². The van der Waals surface area contributed by atoms with Gasteiger partial charge in [0.15, 0.2) is 11.2 Å². The van der Waals surface area contributed by atoms with Gasteiger partial charge in [-0.25, -0.2) is 14.8 Å². The number of hydrogen-bond donors (Lipinski definition) is 0. The number of likely N-dealkylation sites (tertiary alicyclic amines) is 1. The minimum absolute atomic E-state index is 0.0471.